The number of aromatic nitrogens is 3. The van der Waals surface area contributed by atoms with E-state index in [1.54, 1.807) is 22.9 Å². The van der Waals surface area contributed by atoms with Crippen LogP contribution in [0.3, 0.4) is 0 Å². The van der Waals surface area contributed by atoms with Gasteiger partial charge in [0.1, 0.15) is 5.75 Å². The fraction of sp³-hybridized carbons (Fsp3) is 0.292. The van der Waals surface area contributed by atoms with Crippen molar-refractivity contribution < 1.29 is 14.3 Å². The first-order valence-corrected chi connectivity index (χ1v) is 11.4. The van der Waals surface area contributed by atoms with Gasteiger partial charge in [0.15, 0.2) is 5.13 Å². The molecule has 0 saturated carbocycles. The molecule has 1 aliphatic rings. The summed E-state index contributed by atoms with van der Waals surface area (Å²) >= 11 is 1.50. The van der Waals surface area contributed by atoms with Crippen molar-refractivity contribution in [1.82, 2.24) is 14.8 Å². The molecule has 0 bridgehead atoms. The van der Waals surface area contributed by atoms with Crippen molar-refractivity contribution >= 4 is 32.6 Å². The van der Waals surface area contributed by atoms with Crippen molar-refractivity contribution in [3.05, 3.63) is 66.0 Å². The maximum atomic E-state index is 13.8. The summed E-state index contributed by atoms with van der Waals surface area (Å²) in [5, 5.41) is 5.14. The lowest BCUT2D eigenvalue weighted by atomic mass is 10.2. The van der Waals surface area contributed by atoms with E-state index < -0.39 is 0 Å². The molecule has 3 heterocycles. The van der Waals surface area contributed by atoms with E-state index in [9.17, 15) is 4.79 Å². The van der Waals surface area contributed by atoms with Crippen LogP contribution in [0.2, 0.25) is 0 Å². The van der Waals surface area contributed by atoms with Crippen LogP contribution in [0, 0.1) is 6.92 Å². The molecule has 1 atom stereocenters. The van der Waals surface area contributed by atoms with Gasteiger partial charge in [-0.2, -0.15) is 5.10 Å². The summed E-state index contributed by atoms with van der Waals surface area (Å²) in [4.78, 5) is 20.3. The molecule has 2 aromatic heterocycles. The number of amides is 1. The van der Waals surface area contributed by atoms with E-state index in [0.717, 1.165) is 46.8 Å². The van der Waals surface area contributed by atoms with Crippen LogP contribution in [0.4, 0.5) is 5.13 Å². The summed E-state index contributed by atoms with van der Waals surface area (Å²) in [5.41, 5.74) is 3.08. The normalized spacial score (nSPS) is 15.9. The van der Waals surface area contributed by atoms with Crippen LogP contribution in [0.1, 0.15) is 28.9 Å². The minimum Gasteiger partial charge on any atom is -0.497 e. The van der Waals surface area contributed by atoms with Crippen molar-refractivity contribution in [2.75, 3.05) is 25.2 Å². The van der Waals surface area contributed by atoms with E-state index in [0.29, 0.717) is 17.2 Å². The lowest BCUT2D eigenvalue weighted by Crippen LogP contribution is -2.37. The first-order valence-electron chi connectivity index (χ1n) is 10.6. The monoisotopic (exact) mass is 448 g/mol. The molecular weight excluding hydrogens is 424 g/mol. The molecule has 5 rings (SSSR count). The van der Waals surface area contributed by atoms with Crippen molar-refractivity contribution in [1.29, 1.82) is 0 Å². The predicted octanol–water partition coefficient (Wildman–Crippen LogP) is 4.62. The topological polar surface area (TPSA) is 69.5 Å². The molecule has 0 aliphatic carbocycles. The van der Waals surface area contributed by atoms with Crippen LogP contribution < -0.4 is 9.64 Å². The molecule has 0 radical (unpaired) electrons. The molecule has 8 heteroatoms. The fourth-order valence-electron chi connectivity index (χ4n) is 3.97. The molecule has 1 amide bonds. The molecule has 1 fully saturated rings. The number of hydrogen-bond donors (Lipinski definition) is 0. The Bertz CT molecular complexity index is 1240. The van der Waals surface area contributed by atoms with Gasteiger partial charge in [-0.25, -0.2) is 9.67 Å². The first kappa shape index (κ1) is 20.7. The summed E-state index contributed by atoms with van der Waals surface area (Å²) in [6.07, 6.45) is 3.59. The Balaban J connectivity index is 1.52. The Hall–Kier alpha value is -3.23. The number of carbonyl (C=O) groups is 1. The molecule has 1 unspecified atom stereocenters. The second kappa shape index (κ2) is 8.72. The smallest absolute Gasteiger partial charge is 0.263 e. The third-order valence-electron chi connectivity index (χ3n) is 5.71. The summed E-state index contributed by atoms with van der Waals surface area (Å²) in [6.45, 7) is 3.11. The average Bonchev–Trinajstić information content (AvgIpc) is 3.56. The molecule has 2 aromatic carbocycles. The average molecular weight is 449 g/mol. The van der Waals surface area contributed by atoms with Crippen molar-refractivity contribution in [3.8, 4) is 11.4 Å². The second-order valence-corrected chi connectivity index (χ2v) is 8.78. The summed E-state index contributed by atoms with van der Waals surface area (Å²) in [5.74, 6) is 0.623. The van der Waals surface area contributed by atoms with Gasteiger partial charge in [-0.3, -0.25) is 9.69 Å². The quantitative estimate of drug-likeness (QED) is 0.430. The van der Waals surface area contributed by atoms with Crippen molar-refractivity contribution in [2.24, 2.45) is 0 Å². The maximum Gasteiger partial charge on any atom is 0.263 e. The Labute approximate surface area is 190 Å². The highest BCUT2D eigenvalue weighted by atomic mass is 32.1. The highest BCUT2D eigenvalue weighted by molar-refractivity contribution is 7.22. The largest absolute Gasteiger partial charge is 0.497 e. The van der Waals surface area contributed by atoms with E-state index in [2.05, 4.69) is 5.10 Å². The van der Waals surface area contributed by atoms with Crippen LogP contribution in [-0.2, 0) is 4.74 Å². The number of thiazole rings is 1. The van der Waals surface area contributed by atoms with Crippen molar-refractivity contribution in [2.45, 2.75) is 25.9 Å². The fourth-order valence-corrected chi connectivity index (χ4v) is 4.93. The Morgan fingerprint density at radius 3 is 2.88 bits per heavy atom. The Morgan fingerprint density at radius 1 is 1.28 bits per heavy atom. The van der Waals surface area contributed by atoms with Gasteiger partial charge in [-0.05, 0) is 44.0 Å². The number of para-hydroxylation sites is 1. The first-order chi connectivity index (χ1) is 15.6. The van der Waals surface area contributed by atoms with Gasteiger partial charge in [0, 0.05) is 12.7 Å². The third-order valence-corrected chi connectivity index (χ3v) is 6.77. The molecular formula is C24H24N4O3S. The van der Waals surface area contributed by atoms with Gasteiger partial charge in [0.05, 0.1) is 53.1 Å². The van der Waals surface area contributed by atoms with Gasteiger partial charge in [-0.1, -0.05) is 29.5 Å². The van der Waals surface area contributed by atoms with E-state index in [1.807, 2.05) is 55.5 Å². The number of carbonyl (C=O) groups excluding carboxylic acids is 1. The van der Waals surface area contributed by atoms with Gasteiger partial charge in [-0.15, -0.1) is 0 Å². The van der Waals surface area contributed by atoms with Gasteiger partial charge < -0.3 is 9.47 Å². The van der Waals surface area contributed by atoms with Crippen LogP contribution in [-0.4, -0.2) is 47.0 Å². The number of benzene rings is 2. The minimum atomic E-state index is -0.119. The summed E-state index contributed by atoms with van der Waals surface area (Å²) in [6, 6.07) is 15.6. The zero-order chi connectivity index (χ0) is 22.1. The van der Waals surface area contributed by atoms with E-state index in [-0.39, 0.29) is 12.0 Å². The number of hydrogen-bond acceptors (Lipinski definition) is 6. The number of nitrogens with zero attached hydrogens (tertiary/aromatic N) is 4. The molecule has 1 saturated heterocycles. The SMILES string of the molecule is COc1ccc2sc(N(CC3CCCO3)C(=O)c3cnn(-c4ccccc4)c3C)nc2c1. The van der Waals surface area contributed by atoms with E-state index in [4.69, 9.17) is 14.5 Å². The van der Waals surface area contributed by atoms with Crippen LogP contribution in [0.5, 0.6) is 5.75 Å². The number of anilines is 1. The molecule has 7 nitrogen and oxygen atoms in total. The van der Waals surface area contributed by atoms with Crippen LogP contribution in [0.25, 0.3) is 15.9 Å². The predicted molar refractivity (Wildman–Crippen MR) is 125 cm³/mol. The lowest BCUT2D eigenvalue weighted by molar-refractivity contribution is 0.0917. The second-order valence-electron chi connectivity index (χ2n) is 7.77. The van der Waals surface area contributed by atoms with Gasteiger partial charge >= 0.3 is 0 Å². The highest BCUT2D eigenvalue weighted by Crippen LogP contribution is 2.33. The number of rotatable bonds is 6. The molecule has 4 aromatic rings. The molecule has 0 spiro atoms. The molecule has 0 N–H and O–H groups in total. The molecule has 164 valence electrons. The number of ether oxygens (including phenoxy) is 2. The number of fused-ring (bicyclic) bond motifs is 1. The van der Waals surface area contributed by atoms with E-state index >= 15 is 0 Å². The van der Waals surface area contributed by atoms with Gasteiger partial charge in [0.25, 0.3) is 5.91 Å². The lowest BCUT2D eigenvalue weighted by Gasteiger charge is -2.23. The molecule has 1 aliphatic heterocycles. The Kier molecular flexibility index (Phi) is 5.63. The minimum absolute atomic E-state index is 0.00460. The summed E-state index contributed by atoms with van der Waals surface area (Å²) < 4.78 is 14.0. The molecule has 32 heavy (non-hydrogen) atoms. The standard InChI is InChI=1S/C24H24N4O3S/c1-16-20(14-25-28(16)17-7-4-3-5-8-17)23(29)27(15-19-9-6-12-31-19)24-26-21-13-18(30-2)10-11-22(21)32-24/h3-5,7-8,10-11,13-14,19H,6,9,12,15H2,1-2H3. The van der Waals surface area contributed by atoms with E-state index in [1.165, 1.54) is 11.3 Å². The third kappa shape index (κ3) is 3.87. The van der Waals surface area contributed by atoms with Gasteiger partial charge in [0.2, 0.25) is 0 Å². The van der Waals surface area contributed by atoms with Crippen LogP contribution >= 0.6 is 11.3 Å². The van der Waals surface area contributed by atoms with Crippen molar-refractivity contribution in [3.63, 3.8) is 0 Å². The summed E-state index contributed by atoms with van der Waals surface area (Å²) in [7, 11) is 1.63. The maximum absolute atomic E-state index is 13.8. The number of methoxy groups -OCH3 is 1. The van der Waals surface area contributed by atoms with Crippen LogP contribution in [0.15, 0.2) is 54.7 Å². The zero-order valence-electron chi connectivity index (χ0n) is 18.0. The zero-order valence-corrected chi connectivity index (χ0v) is 18.8. The highest BCUT2D eigenvalue weighted by Gasteiger charge is 2.29. The Morgan fingerprint density at radius 2 is 2.12 bits per heavy atom.